The summed E-state index contributed by atoms with van der Waals surface area (Å²) in [5.41, 5.74) is 17.1. The van der Waals surface area contributed by atoms with Crippen LogP contribution in [0.5, 0.6) is 0 Å². The van der Waals surface area contributed by atoms with Gasteiger partial charge in [-0.15, -0.1) is 0 Å². The highest BCUT2D eigenvalue weighted by atomic mass is 15.1. The first-order chi connectivity index (χ1) is 22.7. The van der Waals surface area contributed by atoms with Crippen LogP contribution >= 0.6 is 0 Å². The Morgan fingerprint density at radius 2 is 0.830 bits per heavy atom. The van der Waals surface area contributed by atoms with Crippen LogP contribution in [0.15, 0.2) is 127 Å². The molecule has 2 aliphatic carbocycles. The first-order valence-electron chi connectivity index (χ1n) is 16.9. The summed E-state index contributed by atoms with van der Waals surface area (Å²) < 4.78 is 0. The van der Waals surface area contributed by atoms with Crippen LogP contribution in [0.3, 0.4) is 0 Å². The number of anilines is 3. The minimum atomic E-state index is -0.0789. The van der Waals surface area contributed by atoms with Gasteiger partial charge >= 0.3 is 0 Å². The lowest BCUT2D eigenvalue weighted by atomic mass is 9.82. The van der Waals surface area contributed by atoms with Crippen molar-refractivity contribution in [2.24, 2.45) is 0 Å². The van der Waals surface area contributed by atoms with Crippen molar-refractivity contribution in [2.45, 2.75) is 52.4 Å². The van der Waals surface area contributed by atoms with Crippen molar-refractivity contribution in [1.29, 1.82) is 0 Å². The summed E-state index contributed by atoms with van der Waals surface area (Å²) in [5.74, 6) is 0. The molecule has 0 amide bonds. The van der Waals surface area contributed by atoms with Crippen molar-refractivity contribution in [3.05, 3.63) is 161 Å². The average molecular weight is 606 g/mol. The largest absolute Gasteiger partial charge is 0.310 e. The Bertz CT molecular complexity index is 2440. The minimum absolute atomic E-state index is 0.0305. The van der Waals surface area contributed by atoms with E-state index in [9.17, 15) is 0 Å². The molecule has 2 aliphatic rings. The van der Waals surface area contributed by atoms with Gasteiger partial charge in [-0.25, -0.2) is 0 Å². The summed E-state index contributed by atoms with van der Waals surface area (Å²) in [4.78, 5) is 2.48. The van der Waals surface area contributed by atoms with E-state index in [1.165, 1.54) is 94.2 Å². The van der Waals surface area contributed by atoms with E-state index < -0.39 is 0 Å². The molecule has 0 N–H and O–H groups in total. The van der Waals surface area contributed by atoms with Crippen molar-refractivity contribution in [2.75, 3.05) is 4.90 Å². The zero-order valence-corrected chi connectivity index (χ0v) is 28.1. The number of aryl methyl sites for hydroxylation is 2. The maximum Gasteiger partial charge on any atom is 0.0468 e. The van der Waals surface area contributed by atoms with Gasteiger partial charge in [-0.1, -0.05) is 119 Å². The molecule has 0 radical (unpaired) electrons. The molecule has 1 nitrogen and oxygen atoms in total. The SMILES string of the molecule is Cc1c(C)c2cc(N(c3ccc4c(c3)-c3ccccc3C4(C)C)c3ccc4c(c3)C(C)(C)c3ccccc3-4)ccc2c2ccccc12. The smallest absolute Gasteiger partial charge is 0.0468 e. The predicted molar refractivity (Wildman–Crippen MR) is 201 cm³/mol. The number of rotatable bonds is 3. The van der Waals surface area contributed by atoms with Crippen LogP contribution in [0.4, 0.5) is 17.1 Å². The fourth-order valence-corrected chi connectivity index (χ4v) is 8.79. The molecule has 7 aromatic rings. The average Bonchev–Trinajstić information content (AvgIpc) is 3.46. The standard InChI is InChI=1S/C46H39N/c1-28-29(2)39-25-30(19-22-35(39)34-14-8-7-13-33(28)34)47(31-21-24-43-40(26-31)37-16-10-12-18-42(37)45(43,3)4)32-20-23-38-36-15-9-11-17-41(36)46(5,6)44(38)27-32/h7-27H,1-6H3. The minimum Gasteiger partial charge on any atom is -0.310 e. The molecule has 47 heavy (non-hydrogen) atoms. The van der Waals surface area contributed by atoms with Crippen molar-refractivity contribution in [3.63, 3.8) is 0 Å². The molecule has 0 fully saturated rings. The lowest BCUT2D eigenvalue weighted by molar-refractivity contribution is 0.660. The predicted octanol–water partition coefficient (Wildman–Crippen LogP) is 12.7. The zero-order chi connectivity index (χ0) is 32.2. The van der Waals surface area contributed by atoms with Crippen LogP contribution in [-0.4, -0.2) is 0 Å². The van der Waals surface area contributed by atoms with Gasteiger partial charge in [0.15, 0.2) is 0 Å². The normalized spacial score (nSPS) is 14.9. The number of hydrogen-bond donors (Lipinski definition) is 0. The molecule has 9 rings (SSSR count). The first kappa shape index (κ1) is 28.1. The van der Waals surface area contributed by atoms with Crippen molar-refractivity contribution >= 4 is 38.6 Å². The van der Waals surface area contributed by atoms with E-state index in [1.54, 1.807) is 0 Å². The maximum absolute atomic E-state index is 2.48. The van der Waals surface area contributed by atoms with Crippen LogP contribution in [0.25, 0.3) is 43.8 Å². The lowest BCUT2D eigenvalue weighted by Gasteiger charge is -2.29. The molecule has 0 spiro atoms. The van der Waals surface area contributed by atoms with E-state index in [0.717, 1.165) is 0 Å². The van der Waals surface area contributed by atoms with Gasteiger partial charge in [-0.05, 0) is 127 Å². The van der Waals surface area contributed by atoms with Gasteiger partial charge in [-0.3, -0.25) is 0 Å². The van der Waals surface area contributed by atoms with Gasteiger partial charge in [0, 0.05) is 27.9 Å². The first-order valence-corrected chi connectivity index (χ1v) is 16.9. The van der Waals surface area contributed by atoms with Gasteiger partial charge in [-0.2, -0.15) is 0 Å². The second kappa shape index (κ2) is 9.69. The van der Waals surface area contributed by atoms with Gasteiger partial charge < -0.3 is 4.90 Å². The molecular formula is C46H39N. The van der Waals surface area contributed by atoms with Crippen LogP contribution < -0.4 is 4.90 Å². The Morgan fingerprint density at radius 3 is 1.57 bits per heavy atom. The fraction of sp³-hybridized carbons (Fsp3) is 0.174. The topological polar surface area (TPSA) is 3.24 Å². The fourth-order valence-electron chi connectivity index (χ4n) is 8.79. The van der Waals surface area contributed by atoms with E-state index in [1.807, 2.05) is 0 Å². The van der Waals surface area contributed by atoms with E-state index in [0.29, 0.717) is 0 Å². The molecule has 7 aromatic carbocycles. The molecule has 0 aliphatic heterocycles. The highest BCUT2D eigenvalue weighted by molar-refractivity contribution is 6.11. The van der Waals surface area contributed by atoms with Crippen LogP contribution in [0, 0.1) is 13.8 Å². The Labute approximate surface area is 278 Å². The third-order valence-electron chi connectivity index (χ3n) is 11.5. The van der Waals surface area contributed by atoms with Crippen LogP contribution in [0.1, 0.15) is 61.1 Å². The molecule has 0 saturated carbocycles. The quantitative estimate of drug-likeness (QED) is 0.181. The Kier molecular flexibility index (Phi) is 5.79. The lowest BCUT2D eigenvalue weighted by Crippen LogP contribution is -2.17. The maximum atomic E-state index is 2.48. The van der Waals surface area contributed by atoms with Gasteiger partial charge in [0.1, 0.15) is 0 Å². The number of fused-ring (bicyclic) bond motifs is 9. The Hall–Kier alpha value is -5.14. The third-order valence-corrected chi connectivity index (χ3v) is 11.5. The number of hydrogen-bond acceptors (Lipinski definition) is 1. The molecule has 0 atom stereocenters. The summed E-state index contributed by atoms with van der Waals surface area (Å²) in [6.07, 6.45) is 0. The summed E-state index contributed by atoms with van der Waals surface area (Å²) in [6, 6.07) is 48.0. The molecular weight excluding hydrogens is 567 g/mol. The molecule has 0 bridgehead atoms. The summed E-state index contributed by atoms with van der Waals surface area (Å²) in [7, 11) is 0. The molecule has 1 heteroatoms. The van der Waals surface area contributed by atoms with E-state index >= 15 is 0 Å². The van der Waals surface area contributed by atoms with Gasteiger partial charge in [0.05, 0.1) is 0 Å². The zero-order valence-electron chi connectivity index (χ0n) is 28.1. The van der Waals surface area contributed by atoms with Crippen molar-refractivity contribution in [3.8, 4) is 22.3 Å². The third kappa shape index (κ3) is 3.83. The second-order valence-corrected chi connectivity index (χ2v) is 14.7. The van der Waals surface area contributed by atoms with Gasteiger partial charge in [0.2, 0.25) is 0 Å². The second-order valence-electron chi connectivity index (χ2n) is 14.7. The molecule has 0 aromatic heterocycles. The van der Waals surface area contributed by atoms with E-state index in [4.69, 9.17) is 0 Å². The number of nitrogens with zero attached hydrogens (tertiary/aromatic N) is 1. The summed E-state index contributed by atoms with van der Waals surface area (Å²) >= 11 is 0. The van der Waals surface area contributed by atoms with E-state index in [-0.39, 0.29) is 10.8 Å². The summed E-state index contributed by atoms with van der Waals surface area (Å²) in [5, 5.41) is 5.27. The molecule has 0 unspecified atom stereocenters. The van der Waals surface area contributed by atoms with Gasteiger partial charge in [0.25, 0.3) is 0 Å². The highest BCUT2D eigenvalue weighted by Crippen LogP contribution is 2.53. The van der Waals surface area contributed by atoms with Crippen molar-refractivity contribution in [1.82, 2.24) is 0 Å². The molecule has 0 heterocycles. The summed E-state index contributed by atoms with van der Waals surface area (Å²) in [6.45, 7) is 14.0. The highest BCUT2D eigenvalue weighted by Gasteiger charge is 2.37. The molecule has 0 saturated heterocycles. The van der Waals surface area contributed by atoms with E-state index in [2.05, 4.69) is 174 Å². The van der Waals surface area contributed by atoms with Crippen molar-refractivity contribution < 1.29 is 0 Å². The molecule has 228 valence electrons. The van der Waals surface area contributed by atoms with Crippen LogP contribution in [-0.2, 0) is 10.8 Å². The van der Waals surface area contributed by atoms with Crippen LogP contribution in [0.2, 0.25) is 0 Å². The number of benzene rings is 7. The Morgan fingerprint density at radius 1 is 0.362 bits per heavy atom. The Balaban J connectivity index is 1.30. The monoisotopic (exact) mass is 605 g/mol.